The van der Waals surface area contributed by atoms with Gasteiger partial charge in [-0.25, -0.2) is 8.42 Å². The van der Waals surface area contributed by atoms with Gasteiger partial charge in [0.25, 0.3) is 0 Å². The maximum Gasteiger partial charge on any atom is 0.307 e. The summed E-state index contributed by atoms with van der Waals surface area (Å²) in [5.74, 6) is -0.365. The summed E-state index contributed by atoms with van der Waals surface area (Å²) in [6, 6.07) is 7.20. The highest BCUT2D eigenvalue weighted by Crippen LogP contribution is 2.34. The van der Waals surface area contributed by atoms with Gasteiger partial charge in [-0.05, 0) is 24.5 Å². The van der Waals surface area contributed by atoms with Crippen LogP contribution in [0.5, 0.6) is 0 Å². The molecule has 0 aromatic heterocycles. The summed E-state index contributed by atoms with van der Waals surface area (Å²) in [7, 11) is -2.03. The summed E-state index contributed by atoms with van der Waals surface area (Å²) in [6.07, 6.45) is 0.722. The van der Waals surface area contributed by atoms with Crippen LogP contribution < -0.4 is 0 Å². The molecule has 0 aliphatic carbocycles. The summed E-state index contributed by atoms with van der Waals surface area (Å²) in [5, 5.41) is 0. The molecule has 20 heavy (non-hydrogen) atoms. The Morgan fingerprint density at radius 3 is 2.75 bits per heavy atom. The number of fused-ring (bicyclic) bond motifs is 1. The van der Waals surface area contributed by atoms with E-state index in [0.717, 1.165) is 11.1 Å². The molecule has 1 atom stereocenters. The number of sulfonamides is 1. The number of esters is 1. The molecule has 2 rings (SSSR count). The van der Waals surface area contributed by atoms with Gasteiger partial charge in [0, 0.05) is 6.54 Å². The third kappa shape index (κ3) is 2.86. The smallest absolute Gasteiger partial charge is 0.307 e. The molecule has 1 aliphatic rings. The summed E-state index contributed by atoms with van der Waals surface area (Å²) in [5.41, 5.74) is 2.00. The lowest BCUT2D eigenvalue weighted by Crippen LogP contribution is -2.41. The quantitative estimate of drug-likeness (QED) is 0.790. The Labute approximate surface area is 119 Å². The zero-order chi connectivity index (χ0) is 14.8. The third-order valence-electron chi connectivity index (χ3n) is 3.67. The fraction of sp³-hybridized carbons (Fsp3) is 0.500. The molecule has 0 saturated carbocycles. The predicted molar refractivity (Wildman–Crippen MR) is 75.7 cm³/mol. The van der Waals surface area contributed by atoms with Crippen molar-refractivity contribution in [1.82, 2.24) is 4.31 Å². The van der Waals surface area contributed by atoms with E-state index >= 15 is 0 Å². The Bertz CT molecular complexity index is 597. The van der Waals surface area contributed by atoms with E-state index in [1.807, 2.05) is 24.3 Å². The van der Waals surface area contributed by atoms with Crippen molar-refractivity contribution in [3.05, 3.63) is 35.4 Å². The number of methoxy groups -OCH3 is 1. The number of carbonyl (C=O) groups excluding carboxylic acids is 1. The van der Waals surface area contributed by atoms with Crippen LogP contribution in [0, 0.1) is 0 Å². The van der Waals surface area contributed by atoms with Crippen LogP contribution in [0.1, 0.15) is 30.5 Å². The van der Waals surface area contributed by atoms with Gasteiger partial charge in [0.2, 0.25) is 10.0 Å². The molecule has 0 spiro atoms. The minimum Gasteiger partial charge on any atom is -0.469 e. The molecule has 1 aliphatic heterocycles. The van der Waals surface area contributed by atoms with E-state index in [0.29, 0.717) is 13.0 Å². The van der Waals surface area contributed by atoms with E-state index in [1.165, 1.54) is 11.4 Å². The van der Waals surface area contributed by atoms with Gasteiger partial charge in [-0.15, -0.1) is 0 Å². The predicted octanol–water partition coefficient (Wildman–Crippen LogP) is 1.50. The van der Waals surface area contributed by atoms with Gasteiger partial charge >= 0.3 is 5.97 Å². The number of rotatable bonds is 4. The van der Waals surface area contributed by atoms with Crippen LogP contribution in [0.15, 0.2) is 24.3 Å². The first kappa shape index (κ1) is 15.0. The molecular weight excluding hydrogens is 278 g/mol. The van der Waals surface area contributed by atoms with E-state index in [1.54, 1.807) is 6.92 Å². The van der Waals surface area contributed by atoms with E-state index < -0.39 is 22.0 Å². The fourth-order valence-electron chi connectivity index (χ4n) is 2.58. The van der Waals surface area contributed by atoms with Crippen molar-refractivity contribution >= 4 is 16.0 Å². The molecule has 6 heteroatoms. The molecule has 1 heterocycles. The number of nitrogens with zero attached hydrogens (tertiary/aromatic N) is 1. The Morgan fingerprint density at radius 1 is 1.40 bits per heavy atom. The topological polar surface area (TPSA) is 63.7 Å². The molecule has 0 fully saturated rings. The first-order valence-corrected chi connectivity index (χ1v) is 8.24. The lowest BCUT2D eigenvalue weighted by molar-refractivity contribution is -0.141. The van der Waals surface area contributed by atoms with Crippen LogP contribution in [0.3, 0.4) is 0 Å². The minimum absolute atomic E-state index is 0.0346. The van der Waals surface area contributed by atoms with E-state index in [9.17, 15) is 13.2 Å². The number of carbonyl (C=O) groups is 1. The SMILES string of the molecule is CCS(=O)(=O)N1CCc2ccccc2C1CC(=O)OC. The van der Waals surface area contributed by atoms with Crippen molar-refractivity contribution in [2.75, 3.05) is 19.4 Å². The van der Waals surface area contributed by atoms with Crippen molar-refractivity contribution in [3.63, 3.8) is 0 Å². The fourth-order valence-corrected chi connectivity index (χ4v) is 3.86. The van der Waals surface area contributed by atoms with Crippen LogP contribution in [0.2, 0.25) is 0 Å². The van der Waals surface area contributed by atoms with Crippen molar-refractivity contribution in [1.29, 1.82) is 0 Å². The lowest BCUT2D eigenvalue weighted by Gasteiger charge is -2.35. The van der Waals surface area contributed by atoms with Crippen LogP contribution in [-0.4, -0.2) is 38.1 Å². The van der Waals surface area contributed by atoms with Crippen LogP contribution >= 0.6 is 0 Å². The van der Waals surface area contributed by atoms with Crippen molar-refractivity contribution < 1.29 is 17.9 Å². The standard InChI is InChI=1S/C14H19NO4S/c1-3-20(17,18)15-9-8-11-6-4-5-7-12(11)13(15)10-14(16)19-2/h4-7,13H,3,8-10H2,1-2H3. The Morgan fingerprint density at radius 2 is 2.10 bits per heavy atom. The molecule has 0 N–H and O–H groups in total. The summed E-state index contributed by atoms with van der Waals surface area (Å²) in [4.78, 5) is 11.6. The van der Waals surface area contributed by atoms with Crippen molar-refractivity contribution in [2.45, 2.75) is 25.8 Å². The second-order valence-corrected chi connectivity index (χ2v) is 6.97. The van der Waals surface area contributed by atoms with Crippen LogP contribution in [-0.2, 0) is 26.0 Å². The zero-order valence-electron chi connectivity index (χ0n) is 11.7. The first-order chi connectivity index (χ1) is 9.49. The maximum atomic E-state index is 12.2. The Kier molecular flexibility index (Phi) is 4.45. The Hall–Kier alpha value is -1.40. The molecule has 0 amide bonds. The molecule has 0 bridgehead atoms. The van der Waals surface area contributed by atoms with Crippen molar-refractivity contribution in [2.24, 2.45) is 0 Å². The number of benzene rings is 1. The minimum atomic E-state index is -3.34. The van der Waals surface area contributed by atoms with Crippen LogP contribution in [0.4, 0.5) is 0 Å². The number of hydrogen-bond acceptors (Lipinski definition) is 4. The van der Waals surface area contributed by atoms with Gasteiger partial charge < -0.3 is 4.74 Å². The maximum absolute atomic E-state index is 12.2. The first-order valence-electron chi connectivity index (χ1n) is 6.63. The van der Waals surface area contributed by atoms with Gasteiger partial charge in [0.1, 0.15) is 0 Å². The summed E-state index contributed by atoms with van der Waals surface area (Å²) >= 11 is 0. The van der Waals surface area contributed by atoms with Gasteiger partial charge in [0.15, 0.2) is 0 Å². The number of ether oxygens (including phenoxy) is 1. The highest BCUT2D eigenvalue weighted by Gasteiger charge is 2.35. The molecule has 0 saturated heterocycles. The van der Waals surface area contributed by atoms with E-state index in [4.69, 9.17) is 4.74 Å². The normalized spacial score (nSPS) is 19.4. The molecule has 1 aromatic rings. The lowest BCUT2D eigenvalue weighted by atomic mass is 9.92. The van der Waals surface area contributed by atoms with Gasteiger partial charge in [-0.3, -0.25) is 4.79 Å². The van der Waals surface area contributed by atoms with Gasteiger partial charge in [-0.1, -0.05) is 24.3 Å². The van der Waals surface area contributed by atoms with Gasteiger partial charge in [0.05, 0.1) is 25.3 Å². The third-order valence-corrected chi connectivity index (χ3v) is 5.55. The molecule has 1 aromatic carbocycles. The molecular formula is C14H19NO4S. The Balaban J connectivity index is 2.42. The molecule has 0 radical (unpaired) electrons. The summed E-state index contributed by atoms with van der Waals surface area (Å²) in [6.45, 7) is 2.03. The van der Waals surface area contributed by atoms with Gasteiger partial charge in [-0.2, -0.15) is 4.31 Å². The average Bonchev–Trinajstić information content (AvgIpc) is 2.47. The molecule has 1 unspecified atom stereocenters. The van der Waals surface area contributed by atoms with Crippen molar-refractivity contribution in [3.8, 4) is 0 Å². The molecule has 5 nitrogen and oxygen atoms in total. The largest absolute Gasteiger partial charge is 0.469 e. The second kappa shape index (κ2) is 5.93. The highest BCUT2D eigenvalue weighted by atomic mass is 32.2. The van der Waals surface area contributed by atoms with Crippen LogP contribution in [0.25, 0.3) is 0 Å². The molecule has 110 valence electrons. The number of hydrogen-bond donors (Lipinski definition) is 0. The average molecular weight is 297 g/mol. The monoisotopic (exact) mass is 297 g/mol. The van der Waals surface area contributed by atoms with E-state index in [-0.39, 0.29) is 12.2 Å². The highest BCUT2D eigenvalue weighted by molar-refractivity contribution is 7.89. The second-order valence-electron chi connectivity index (χ2n) is 4.76. The van der Waals surface area contributed by atoms with E-state index in [2.05, 4.69) is 0 Å². The zero-order valence-corrected chi connectivity index (χ0v) is 12.5. The summed E-state index contributed by atoms with van der Waals surface area (Å²) < 4.78 is 30.6.